The molecule has 6 rings (SSSR count). The van der Waals surface area contributed by atoms with Crippen LogP contribution in [0.1, 0.15) is 47.6 Å². The molecule has 1 aromatic heterocycles. The second kappa shape index (κ2) is 11.4. The zero-order valence-electron chi connectivity index (χ0n) is 23.0. The minimum absolute atomic E-state index is 0.141. The number of benzene rings is 3. The Morgan fingerprint density at radius 2 is 1.79 bits per heavy atom. The molecule has 2 heterocycles. The first-order valence-electron chi connectivity index (χ1n) is 13.7. The highest BCUT2D eigenvalue weighted by molar-refractivity contribution is 6.19. The normalized spacial score (nSPS) is 16.1. The fourth-order valence-electron chi connectivity index (χ4n) is 5.22. The number of aromatic nitrogens is 1. The van der Waals surface area contributed by atoms with E-state index in [2.05, 4.69) is 44.8 Å². The van der Waals surface area contributed by atoms with Gasteiger partial charge in [-0.15, -0.1) is 5.53 Å². The van der Waals surface area contributed by atoms with E-state index >= 15 is 0 Å². The number of pyridine rings is 1. The van der Waals surface area contributed by atoms with Gasteiger partial charge in [-0.25, -0.2) is 4.39 Å². The van der Waals surface area contributed by atoms with Crippen molar-refractivity contribution in [1.82, 2.24) is 21.0 Å². The summed E-state index contributed by atoms with van der Waals surface area (Å²) in [5.41, 5.74) is 8.77. The van der Waals surface area contributed by atoms with Crippen molar-refractivity contribution < 1.29 is 4.39 Å². The van der Waals surface area contributed by atoms with Crippen LogP contribution in [0.4, 0.5) is 15.8 Å². The Morgan fingerprint density at radius 3 is 2.47 bits per heavy atom. The van der Waals surface area contributed by atoms with Gasteiger partial charge in [0.25, 0.3) is 0 Å². The summed E-state index contributed by atoms with van der Waals surface area (Å²) < 4.78 is 13.9. The van der Waals surface area contributed by atoms with Gasteiger partial charge in [-0.2, -0.15) is 15.8 Å². The Labute approximate surface area is 249 Å². The van der Waals surface area contributed by atoms with Crippen molar-refractivity contribution in [2.75, 3.05) is 10.6 Å². The first-order chi connectivity index (χ1) is 20.9. The van der Waals surface area contributed by atoms with Crippen molar-refractivity contribution in [3.05, 3.63) is 113 Å². The molecule has 9 nitrogen and oxygen atoms in total. The fraction of sp³-hybridized carbons (Fsp3) is 0.188. The highest BCUT2D eigenvalue weighted by Gasteiger charge is 2.38. The van der Waals surface area contributed by atoms with Crippen LogP contribution in [0, 0.1) is 39.8 Å². The van der Waals surface area contributed by atoms with Crippen molar-refractivity contribution in [2.45, 2.75) is 36.8 Å². The summed E-state index contributed by atoms with van der Waals surface area (Å²) >= 11 is 0. The summed E-state index contributed by atoms with van der Waals surface area (Å²) in [6, 6.07) is 25.3. The molecule has 1 saturated carbocycles. The number of nitrogens with one attached hydrogen (secondary N) is 4. The molecule has 0 amide bonds. The van der Waals surface area contributed by atoms with Crippen molar-refractivity contribution >= 4 is 30.1 Å². The van der Waals surface area contributed by atoms with Gasteiger partial charge in [0.15, 0.2) is 0 Å². The molecule has 4 aromatic rings. The van der Waals surface area contributed by atoms with Gasteiger partial charge in [-0.1, -0.05) is 42.5 Å². The van der Waals surface area contributed by atoms with E-state index < -0.39 is 17.3 Å². The number of rotatable bonds is 9. The van der Waals surface area contributed by atoms with Crippen LogP contribution in [0.5, 0.6) is 0 Å². The Morgan fingerprint density at radius 1 is 1.05 bits per heavy atom. The number of anilines is 2. The molecule has 4 N–H and O–H groups in total. The number of nitrogens with zero attached hydrogens (tertiary/aromatic N) is 5. The van der Waals surface area contributed by atoms with Gasteiger partial charge >= 0.3 is 0 Å². The Hall–Kier alpha value is -5.57. The van der Waals surface area contributed by atoms with E-state index in [4.69, 9.17) is 7.85 Å². The Balaban J connectivity index is 1.47. The van der Waals surface area contributed by atoms with E-state index in [9.17, 15) is 20.2 Å². The maximum absolute atomic E-state index is 13.9. The predicted octanol–water partition coefficient (Wildman–Crippen LogP) is 4.95. The lowest BCUT2D eigenvalue weighted by molar-refractivity contribution is 0.260. The summed E-state index contributed by atoms with van der Waals surface area (Å²) in [5.74, 6) is -0.397. The first-order valence-corrected chi connectivity index (χ1v) is 13.7. The molecule has 2 radical (unpaired) electrons. The van der Waals surface area contributed by atoms with Gasteiger partial charge in [-0.05, 0) is 48.2 Å². The molecule has 2 atom stereocenters. The highest BCUT2D eigenvalue weighted by Crippen LogP contribution is 2.38. The van der Waals surface area contributed by atoms with E-state index in [0.717, 1.165) is 18.4 Å². The van der Waals surface area contributed by atoms with Crippen LogP contribution in [0.2, 0.25) is 0 Å². The molecule has 3 aromatic carbocycles. The van der Waals surface area contributed by atoms with Gasteiger partial charge in [0.05, 0.1) is 52.0 Å². The average Bonchev–Trinajstić information content (AvgIpc) is 3.76. The summed E-state index contributed by atoms with van der Waals surface area (Å²) in [4.78, 5) is 4.44. The topological polar surface area (TPSA) is 136 Å². The molecule has 1 aliphatic carbocycles. The standard InChI is InChI=1S/C32H25BFN9/c33-32(23-6-8-24(34)9-7-23,29-19-43(42-41-29)26-10-11-26)40-25-14-21(16-36)30-27(15-25)31(22(17-37)18-38-30)39-28(12-13-35)20-4-2-1-3-5-20/h1-9,14-15,18-19,26,28,40-42H,10-12H2,(H,38,39)/t28-,32?/m1/s1. The van der Waals surface area contributed by atoms with E-state index in [0.29, 0.717) is 39.6 Å². The van der Waals surface area contributed by atoms with Crippen LogP contribution >= 0.6 is 0 Å². The van der Waals surface area contributed by atoms with Gasteiger partial charge < -0.3 is 16.1 Å². The Bertz CT molecular complexity index is 1840. The Kier molecular flexibility index (Phi) is 7.30. The van der Waals surface area contributed by atoms with Gasteiger partial charge in [0, 0.05) is 29.5 Å². The van der Waals surface area contributed by atoms with Crippen LogP contribution in [0.3, 0.4) is 0 Å². The molecular weight excluding hydrogens is 540 g/mol. The number of hydrazine groups is 2. The lowest BCUT2D eigenvalue weighted by Crippen LogP contribution is -2.45. The van der Waals surface area contributed by atoms with Crippen LogP contribution in [0.15, 0.2) is 84.8 Å². The summed E-state index contributed by atoms with van der Waals surface area (Å²) in [5, 5.41) is 38.9. The van der Waals surface area contributed by atoms with E-state index in [-0.39, 0.29) is 17.5 Å². The molecule has 208 valence electrons. The minimum atomic E-state index is -1.37. The summed E-state index contributed by atoms with van der Waals surface area (Å²) in [6.07, 6.45) is 5.55. The van der Waals surface area contributed by atoms with Crippen LogP contribution in [0.25, 0.3) is 10.9 Å². The monoisotopic (exact) mass is 565 g/mol. The van der Waals surface area contributed by atoms with Crippen LogP contribution in [-0.2, 0) is 5.44 Å². The molecule has 1 unspecified atom stereocenters. The van der Waals surface area contributed by atoms with Gasteiger partial charge in [0.2, 0.25) is 0 Å². The number of hydrogen-bond acceptors (Lipinski definition) is 9. The second-order valence-electron chi connectivity index (χ2n) is 10.5. The molecular formula is C32H25BFN9. The third kappa shape index (κ3) is 5.40. The van der Waals surface area contributed by atoms with E-state index in [1.807, 2.05) is 41.5 Å². The molecule has 43 heavy (non-hydrogen) atoms. The quantitative estimate of drug-likeness (QED) is 0.208. The molecule has 2 aliphatic rings. The number of hydrogen-bond donors (Lipinski definition) is 4. The van der Waals surface area contributed by atoms with Crippen LogP contribution < -0.4 is 21.6 Å². The van der Waals surface area contributed by atoms with Crippen molar-refractivity contribution in [2.24, 2.45) is 0 Å². The molecule has 1 aliphatic heterocycles. The number of fused-ring (bicyclic) bond motifs is 1. The SMILES string of the molecule is [B]C(Nc1cc(C#N)c2ncc(C#N)c(N[C@H](CC#N)c3ccccc3)c2c1)(C1=CN(C2CC2)NN1)c1ccc(F)cc1. The van der Waals surface area contributed by atoms with E-state index in [1.54, 1.807) is 24.3 Å². The maximum atomic E-state index is 13.9. The highest BCUT2D eigenvalue weighted by atomic mass is 19.1. The van der Waals surface area contributed by atoms with E-state index in [1.165, 1.54) is 18.3 Å². The summed E-state index contributed by atoms with van der Waals surface area (Å²) in [7, 11) is 7.08. The minimum Gasteiger partial charge on any atom is -0.378 e. The molecule has 11 heteroatoms. The lowest BCUT2D eigenvalue weighted by Gasteiger charge is -2.34. The third-order valence-electron chi connectivity index (χ3n) is 7.62. The van der Waals surface area contributed by atoms with Crippen molar-refractivity contribution in [1.29, 1.82) is 15.8 Å². The first kappa shape index (κ1) is 27.6. The smallest absolute Gasteiger partial charge is 0.123 e. The molecule has 0 saturated heterocycles. The molecule has 0 bridgehead atoms. The van der Waals surface area contributed by atoms with Gasteiger partial charge in [-0.3, -0.25) is 9.99 Å². The zero-order valence-corrected chi connectivity index (χ0v) is 23.0. The van der Waals surface area contributed by atoms with Crippen molar-refractivity contribution in [3.63, 3.8) is 0 Å². The lowest BCUT2D eigenvalue weighted by atomic mass is 9.69. The van der Waals surface area contributed by atoms with Gasteiger partial charge in [0.1, 0.15) is 25.8 Å². The third-order valence-corrected chi connectivity index (χ3v) is 7.62. The maximum Gasteiger partial charge on any atom is 0.123 e. The largest absolute Gasteiger partial charge is 0.378 e. The molecule has 1 fully saturated rings. The van der Waals surface area contributed by atoms with Crippen molar-refractivity contribution in [3.8, 4) is 18.2 Å². The average molecular weight is 565 g/mol. The fourth-order valence-corrected chi connectivity index (χ4v) is 5.22. The molecule has 0 spiro atoms. The second-order valence-corrected chi connectivity index (χ2v) is 10.5. The number of halogens is 1. The zero-order chi connectivity index (χ0) is 30.0. The summed E-state index contributed by atoms with van der Waals surface area (Å²) in [6.45, 7) is 0. The number of nitriles is 3. The van der Waals surface area contributed by atoms with Crippen LogP contribution in [-0.4, -0.2) is 23.9 Å². The predicted molar refractivity (Wildman–Crippen MR) is 161 cm³/mol.